The van der Waals surface area contributed by atoms with Crippen molar-refractivity contribution in [1.29, 1.82) is 0 Å². The molecule has 0 unspecified atom stereocenters. The molecule has 0 atom stereocenters. The summed E-state index contributed by atoms with van der Waals surface area (Å²) < 4.78 is 0. The van der Waals surface area contributed by atoms with Crippen LogP contribution in [0.1, 0.15) is 11.1 Å². The molecule has 0 aliphatic carbocycles. The Labute approximate surface area is 221 Å². The Kier molecular flexibility index (Phi) is 7.51. The van der Waals surface area contributed by atoms with E-state index in [1.54, 1.807) is 24.3 Å². The Hall–Kier alpha value is -6.46. The Balaban J connectivity index is 1.64. The van der Waals surface area contributed by atoms with Gasteiger partial charge in [0.25, 0.3) is 22.7 Å². The van der Waals surface area contributed by atoms with Crippen molar-refractivity contribution in [2.75, 3.05) is 10.9 Å². The first-order chi connectivity index (χ1) is 19.2. The van der Waals surface area contributed by atoms with Crippen molar-refractivity contribution in [2.24, 2.45) is 10.2 Å². The lowest BCUT2D eigenvalue weighted by Crippen LogP contribution is -2.04. The van der Waals surface area contributed by atoms with Crippen LogP contribution in [-0.4, -0.2) is 42.3 Å². The van der Waals surface area contributed by atoms with Crippen molar-refractivity contribution in [3.63, 3.8) is 0 Å². The molecule has 0 aliphatic rings. The summed E-state index contributed by atoms with van der Waals surface area (Å²) in [5, 5.41) is 61.8. The highest BCUT2D eigenvalue weighted by atomic mass is 16.6. The number of hydrogen-bond acceptors (Lipinski definition) is 14. The number of hydrazone groups is 2. The van der Waals surface area contributed by atoms with E-state index in [0.717, 1.165) is 36.7 Å². The second-order valence-electron chi connectivity index (χ2n) is 7.63. The smallest absolute Gasteiger partial charge is 0.259 e. The zero-order valence-electron chi connectivity index (χ0n) is 19.8. The fraction of sp³-hybridized carbons (Fsp3) is 0. The van der Waals surface area contributed by atoms with Crippen molar-refractivity contribution >= 4 is 57.6 Å². The molecule has 4 aromatic rings. The number of nitro groups is 4. The molecule has 0 saturated heterocycles. The van der Waals surface area contributed by atoms with Crippen LogP contribution in [-0.2, 0) is 0 Å². The third-order valence-corrected chi connectivity index (χ3v) is 5.32. The molecule has 0 radical (unpaired) electrons. The van der Waals surface area contributed by atoms with Gasteiger partial charge in [0.15, 0.2) is 11.6 Å². The van der Waals surface area contributed by atoms with Crippen LogP contribution in [0.15, 0.2) is 70.9 Å². The predicted molar refractivity (Wildman–Crippen MR) is 141 cm³/mol. The van der Waals surface area contributed by atoms with E-state index in [9.17, 15) is 40.5 Å². The van der Waals surface area contributed by atoms with Crippen LogP contribution < -0.4 is 10.9 Å². The average molecular weight is 546 g/mol. The molecular weight excluding hydrogens is 532 g/mol. The van der Waals surface area contributed by atoms with E-state index in [1.807, 2.05) is 0 Å². The standard InChI is InChI=1S/C22H14N10O8/c33-29(34)17-7-3-8-18(30(35)36)15(17)11-23-25-21-13-5-1-2-6-14(13)22(28-27-21)26-24-12-16-19(31(37)38)9-4-10-20(16)32(39)40/h1-12H,(H,25,27)(H,26,28)/b23-11-,24-12+. The predicted octanol–water partition coefficient (Wildman–Crippen LogP) is 4.15. The van der Waals surface area contributed by atoms with Crippen LogP contribution in [0.5, 0.6) is 0 Å². The van der Waals surface area contributed by atoms with Gasteiger partial charge in [0.1, 0.15) is 11.1 Å². The zero-order valence-corrected chi connectivity index (χ0v) is 19.8. The Morgan fingerprint density at radius 2 is 0.875 bits per heavy atom. The van der Waals surface area contributed by atoms with Crippen molar-refractivity contribution in [1.82, 2.24) is 10.2 Å². The minimum atomic E-state index is -0.775. The third-order valence-electron chi connectivity index (χ3n) is 5.32. The van der Waals surface area contributed by atoms with E-state index >= 15 is 0 Å². The van der Waals surface area contributed by atoms with Gasteiger partial charge in [0.2, 0.25) is 0 Å². The van der Waals surface area contributed by atoms with Gasteiger partial charge in [-0.1, -0.05) is 24.3 Å². The summed E-state index contributed by atoms with van der Waals surface area (Å²) in [6.45, 7) is 0. The summed E-state index contributed by atoms with van der Waals surface area (Å²) in [6.07, 6.45) is 1.84. The van der Waals surface area contributed by atoms with E-state index in [-0.39, 0.29) is 22.8 Å². The van der Waals surface area contributed by atoms with E-state index in [4.69, 9.17) is 0 Å². The Morgan fingerprint density at radius 3 is 1.18 bits per heavy atom. The molecule has 0 aliphatic heterocycles. The summed E-state index contributed by atoms with van der Waals surface area (Å²) in [6, 6.07) is 13.3. The van der Waals surface area contributed by atoms with E-state index in [2.05, 4.69) is 31.3 Å². The maximum Gasteiger partial charge on any atom is 0.285 e. The van der Waals surface area contributed by atoms with Gasteiger partial charge < -0.3 is 0 Å². The average Bonchev–Trinajstić information content (AvgIpc) is 2.93. The maximum atomic E-state index is 11.3. The van der Waals surface area contributed by atoms with E-state index in [1.165, 1.54) is 12.1 Å². The largest absolute Gasteiger partial charge is 0.285 e. The number of aromatic nitrogens is 2. The molecule has 1 heterocycles. The molecule has 1 aromatic heterocycles. The van der Waals surface area contributed by atoms with Crippen LogP contribution in [0.2, 0.25) is 0 Å². The van der Waals surface area contributed by atoms with Crippen molar-refractivity contribution in [2.45, 2.75) is 0 Å². The zero-order chi connectivity index (χ0) is 28.8. The molecule has 0 bridgehead atoms. The Morgan fingerprint density at radius 1 is 0.550 bits per heavy atom. The second kappa shape index (κ2) is 11.3. The van der Waals surface area contributed by atoms with Crippen LogP contribution in [0.25, 0.3) is 10.8 Å². The summed E-state index contributed by atoms with van der Waals surface area (Å²) in [4.78, 5) is 42.2. The first-order valence-electron chi connectivity index (χ1n) is 10.9. The van der Waals surface area contributed by atoms with Gasteiger partial charge in [-0.3, -0.25) is 51.3 Å². The highest BCUT2D eigenvalue weighted by Gasteiger charge is 2.24. The molecule has 18 nitrogen and oxygen atoms in total. The van der Waals surface area contributed by atoms with Gasteiger partial charge in [0, 0.05) is 35.0 Å². The molecular formula is C22H14N10O8. The first kappa shape index (κ1) is 26.6. The third kappa shape index (κ3) is 5.44. The van der Waals surface area contributed by atoms with Crippen LogP contribution in [0.4, 0.5) is 34.4 Å². The number of benzene rings is 3. The molecule has 0 amide bonds. The number of nitro benzene ring substituents is 4. The SMILES string of the molecule is O=[N+]([O-])c1cccc([N+](=O)[O-])c1/C=N\Nc1nnc(N/N=C/c2c([N+](=O)[O-])cccc2[N+](=O)[O-])c2ccccc12. The summed E-state index contributed by atoms with van der Waals surface area (Å²) >= 11 is 0. The van der Waals surface area contributed by atoms with Gasteiger partial charge in [-0.25, -0.2) is 0 Å². The monoisotopic (exact) mass is 546 g/mol. The number of fused-ring (bicyclic) bond motifs is 1. The lowest BCUT2D eigenvalue weighted by atomic mass is 10.1. The first-order valence-corrected chi connectivity index (χ1v) is 10.9. The molecule has 4 rings (SSSR count). The lowest BCUT2D eigenvalue weighted by Gasteiger charge is -2.08. The minimum absolute atomic E-state index is 0.0805. The van der Waals surface area contributed by atoms with Crippen molar-refractivity contribution in [3.8, 4) is 0 Å². The summed E-state index contributed by atoms with van der Waals surface area (Å²) in [5.41, 5.74) is 2.35. The molecule has 18 heteroatoms. The van der Waals surface area contributed by atoms with Gasteiger partial charge in [-0.15, -0.1) is 10.2 Å². The Bertz CT molecular complexity index is 1550. The van der Waals surface area contributed by atoms with Gasteiger partial charge >= 0.3 is 0 Å². The number of anilines is 2. The molecule has 3 aromatic carbocycles. The van der Waals surface area contributed by atoms with E-state index < -0.39 is 42.4 Å². The number of nitrogens with zero attached hydrogens (tertiary/aromatic N) is 8. The molecule has 40 heavy (non-hydrogen) atoms. The van der Waals surface area contributed by atoms with Crippen molar-refractivity contribution < 1.29 is 19.7 Å². The molecule has 0 saturated carbocycles. The molecule has 2 N–H and O–H groups in total. The molecule has 0 fully saturated rings. The molecule has 0 spiro atoms. The number of rotatable bonds is 10. The van der Waals surface area contributed by atoms with E-state index in [0.29, 0.717) is 10.8 Å². The fourth-order valence-electron chi connectivity index (χ4n) is 3.57. The van der Waals surface area contributed by atoms with Gasteiger partial charge in [0.05, 0.1) is 32.1 Å². The van der Waals surface area contributed by atoms with Crippen molar-refractivity contribution in [3.05, 3.63) is 112 Å². The highest BCUT2D eigenvalue weighted by Crippen LogP contribution is 2.29. The fourth-order valence-corrected chi connectivity index (χ4v) is 3.57. The number of nitrogens with one attached hydrogen (secondary N) is 2. The van der Waals surface area contributed by atoms with Crippen LogP contribution >= 0.6 is 0 Å². The number of hydrogen-bond donors (Lipinski definition) is 2. The lowest BCUT2D eigenvalue weighted by molar-refractivity contribution is -0.394. The minimum Gasteiger partial charge on any atom is -0.259 e. The summed E-state index contributed by atoms with van der Waals surface area (Å²) in [7, 11) is 0. The maximum absolute atomic E-state index is 11.3. The van der Waals surface area contributed by atoms with Crippen LogP contribution in [0.3, 0.4) is 0 Å². The van der Waals surface area contributed by atoms with Gasteiger partial charge in [-0.05, 0) is 12.1 Å². The quantitative estimate of drug-likeness (QED) is 0.162. The van der Waals surface area contributed by atoms with Gasteiger partial charge in [-0.2, -0.15) is 10.2 Å². The highest BCUT2D eigenvalue weighted by molar-refractivity contribution is 5.99. The summed E-state index contributed by atoms with van der Waals surface area (Å²) in [5.74, 6) is 0.161. The normalized spacial score (nSPS) is 11.1. The van der Waals surface area contributed by atoms with Crippen LogP contribution in [0, 0.1) is 40.5 Å². The molecule has 200 valence electrons. The topological polar surface area (TPSA) is 247 Å². The second-order valence-corrected chi connectivity index (χ2v) is 7.63.